The lowest BCUT2D eigenvalue weighted by molar-refractivity contribution is 0.885. The number of halogens is 2. The minimum Gasteiger partial charge on any atom is -0.366 e. The predicted octanol–water partition coefficient (Wildman–Crippen LogP) is 4.73. The standard InChI is InChI=1S/C13H13Cl2NS/c1-16(13-3-2-8-17-13)7-6-10-4-5-11(14)12(15)9-10/h2-5,8-9H,6-7H2,1H3. The average Bonchev–Trinajstić information content (AvgIpc) is 2.84. The molecule has 0 amide bonds. The minimum absolute atomic E-state index is 0.613. The van der Waals surface area contributed by atoms with E-state index >= 15 is 0 Å². The van der Waals surface area contributed by atoms with Crippen molar-refractivity contribution in [3.63, 3.8) is 0 Å². The Morgan fingerprint density at radius 2 is 2.00 bits per heavy atom. The molecule has 0 N–H and O–H groups in total. The molecule has 0 aliphatic heterocycles. The molecule has 17 heavy (non-hydrogen) atoms. The quantitative estimate of drug-likeness (QED) is 0.785. The van der Waals surface area contributed by atoms with Crippen LogP contribution in [0.3, 0.4) is 0 Å². The van der Waals surface area contributed by atoms with Crippen LogP contribution in [0.25, 0.3) is 0 Å². The first-order valence-corrected chi connectivity index (χ1v) is 6.99. The van der Waals surface area contributed by atoms with Crippen LogP contribution in [0.15, 0.2) is 35.7 Å². The second-order valence-electron chi connectivity index (χ2n) is 3.87. The first-order valence-electron chi connectivity index (χ1n) is 5.35. The molecule has 1 aromatic heterocycles. The van der Waals surface area contributed by atoms with Gasteiger partial charge in [-0.25, -0.2) is 0 Å². The van der Waals surface area contributed by atoms with Crippen LogP contribution in [0.5, 0.6) is 0 Å². The van der Waals surface area contributed by atoms with E-state index in [9.17, 15) is 0 Å². The summed E-state index contributed by atoms with van der Waals surface area (Å²) in [6.07, 6.45) is 0.964. The van der Waals surface area contributed by atoms with E-state index in [1.807, 2.05) is 18.2 Å². The SMILES string of the molecule is CN(CCc1ccc(Cl)c(Cl)c1)c1cccs1. The van der Waals surface area contributed by atoms with Crippen molar-refractivity contribution >= 4 is 39.5 Å². The second kappa shape index (κ2) is 5.76. The van der Waals surface area contributed by atoms with Crippen LogP contribution in [0.2, 0.25) is 10.0 Å². The van der Waals surface area contributed by atoms with Gasteiger partial charge in [0.15, 0.2) is 0 Å². The van der Waals surface area contributed by atoms with Crippen molar-refractivity contribution in [3.8, 4) is 0 Å². The Kier molecular flexibility index (Phi) is 4.32. The van der Waals surface area contributed by atoms with Gasteiger partial charge in [-0.3, -0.25) is 0 Å². The summed E-state index contributed by atoms with van der Waals surface area (Å²) in [5.41, 5.74) is 1.21. The van der Waals surface area contributed by atoms with Gasteiger partial charge >= 0.3 is 0 Å². The number of anilines is 1. The van der Waals surface area contributed by atoms with E-state index in [1.54, 1.807) is 11.3 Å². The van der Waals surface area contributed by atoms with Crippen molar-refractivity contribution < 1.29 is 0 Å². The molecule has 1 heterocycles. The zero-order valence-corrected chi connectivity index (χ0v) is 11.8. The summed E-state index contributed by atoms with van der Waals surface area (Å²) in [5, 5.41) is 4.61. The van der Waals surface area contributed by atoms with Gasteiger partial charge in [0.2, 0.25) is 0 Å². The van der Waals surface area contributed by atoms with Gasteiger partial charge in [-0.15, -0.1) is 11.3 Å². The van der Waals surface area contributed by atoms with E-state index < -0.39 is 0 Å². The zero-order valence-electron chi connectivity index (χ0n) is 9.49. The molecular weight excluding hydrogens is 273 g/mol. The monoisotopic (exact) mass is 285 g/mol. The topological polar surface area (TPSA) is 3.24 Å². The Balaban J connectivity index is 1.96. The molecule has 1 nitrogen and oxygen atoms in total. The summed E-state index contributed by atoms with van der Waals surface area (Å²) in [6.45, 7) is 0.971. The highest BCUT2D eigenvalue weighted by Crippen LogP contribution is 2.24. The lowest BCUT2D eigenvalue weighted by Crippen LogP contribution is -2.19. The molecule has 2 aromatic rings. The van der Waals surface area contributed by atoms with Gasteiger partial charge in [0.1, 0.15) is 0 Å². The van der Waals surface area contributed by atoms with E-state index in [1.165, 1.54) is 10.6 Å². The summed E-state index contributed by atoms with van der Waals surface area (Å²) in [7, 11) is 2.10. The Morgan fingerprint density at radius 3 is 2.65 bits per heavy atom. The van der Waals surface area contributed by atoms with Gasteiger partial charge in [-0.1, -0.05) is 29.3 Å². The third-order valence-corrected chi connectivity index (χ3v) is 4.32. The summed E-state index contributed by atoms with van der Waals surface area (Å²) >= 11 is 13.6. The zero-order chi connectivity index (χ0) is 12.3. The second-order valence-corrected chi connectivity index (χ2v) is 5.61. The number of likely N-dealkylation sites (N-methyl/N-ethyl adjacent to an activating group) is 1. The fraction of sp³-hybridized carbons (Fsp3) is 0.231. The van der Waals surface area contributed by atoms with Gasteiger partial charge < -0.3 is 4.90 Å². The summed E-state index contributed by atoms with van der Waals surface area (Å²) in [4.78, 5) is 2.24. The Labute approximate surface area is 116 Å². The number of nitrogens with zero attached hydrogens (tertiary/aromatic N) is 1. The molecule has 0 unspecified atom stereocenters. The number of rotatable bonds is 4. The molecule has 1 aromatic carbocycles. The van der Waals surface area contributed by atoms with E-state index in [2.05, 4.69) is 29.5 Å². The largest absolute Gasteiger partial charge is 0.366 e. The molecule has 2 rings (SSSR count). The van der Waals surface area contributed by atoms with Crippen molar-refractivity contribution in [1.82, 2.24) is 0 Å². The lowest BCUT2D eigenvalue weighted by atomic mass is 10.1. The molecular formula is C13H13Cl2NS. The van der Waals surface area contributed by atoms with E-state index in [4.69, 9.17) is 23.2 Å². The molecule has 0 spiro atoms. The Bertz CT molecular complexity index is 482. The van der Waals surface area contributed by atoms with Crippen molar-refractivity contribution in [3.05, 3.63) is 51.3 Å². The normalized spacial score (nSPS) is 10.5. The van der Waals surface area contributed by atoms with Crippen LogP contribution in [-0.2, 0) is 6.42 Å². The molecule has 4 heteroatoms. The smallest absolute Gasteiger partial charge is 0.0905 e. The van der Waals surface area contributed by atoms with Crippen molar-refractivity contribution in [1.29, 1.82) is 0 Å². The molecule has 90 valence electrons. The highest BCUT2D eigenvalue weighted by atomic mass is 35.5. The third kappa shape index (κ3) is 3.38. The number of thiophene rings is 1. The average molecular weight is 286 g/mol. The van der Waals surface area contributed by atoms with Crippen LogP contribution in [0.1, 0.15) is 5.56 Å². The fourth-order valence-electron chi connectivity index (χ4n) is 1.59. The predicted molar refractivity (Wildman–Crippen MR) is 77.8 cm³/mol. The minimum atomic E-state index is 0.613. The first kappa shape index (κ1) is 12.7. The summed E-state index contributed by atoms with van der Waals surface area (Å²) in [5.74, 6) is 0. The summed E-state index contributed by atoms with van der Waals surface area (Å²) < 4.78 is 0. The van der Waals surface area contributed by atoms with E-state index in [0.29, 0.717) is 10.0 Å². The number of hydrogen-bond acceptors (Lipinski definition) is 2. The highest BCUT2D eigenvalue weighted by molar-refractivity contribution is 7.14. The maximum Gasteiger partial charge on any atom is 0.0905 e. The molecule has 0 saturated heterocycles. The third-order valence-electron chi connectivity index (χ3n) is 2.60. The molecule has 0 aliphatic rings. The van der Waals surface area contributed by atoms with Crippen LogP contribution in [-0.4, -0.2) is 13.6 Å². The summed E-state index contributed by atoms with van der Waals surface area (Å²) in [6, 6.07) is 10.0. The van der Waals surface area contributed by atoms with Crippen LogP contribution in [0.4, 0.5) is 5.00 Å². The van der Waals surface area contributed by atoms with Crippen LogP contribution >= 0.6 is 34.5 Å². The Hall–Kier alpha value is -0.700. The van der Waals surface area contributed by atoms with E-state index in [0.717, 1.165) is 13.0 Å². The molecule has 0 radical (unpaired) electrons. The van der Waals surface area contributed by atoms with Crippen LogP contribution < -0.4 is 4.90 Å². The maximum atomic E-state index is 5.99. The van der Waals surface area contributed by atoms with Crippen LogP contribution in [0, 0.1) is 0 Å². The van der Waals surface area contributed by atoms with Crippen molar-refractivity contribution in [2.24, 2.45) is 0 Å². The first-order chi connectivity index (χ1) is 8.16. The Morgan fingerprint density at radius 1 is 1.18 bits per heavy atom. The van der Waals surface area contributed by atoms with Crippen molar-refractivity contribution in [2.45, 2.75) is 6.42 Å². The van der Waals surface area contributed by atoms with Gasteiger partial charge in [0, 0.05) is 13.6 Å². The highest BCUT2D eigenvalue weighted by Gasteiger charge is 2.03. The van der Waals surface area contributed by atoms with E-state index in [-0.39, 0.29) is 0 Å². The maximum absolute atomic E-state index is 5.99. The van der Waals surface area contributed by atoms with Gasteiger partial charge in [-0.05, 0) is 41.6 Å². The molecule has 0 fully saturated rings. The van der Waals surface area contributed by atoms with Gasteiger partial charge in [-0.2, -0.15) is 0 Å². The fourth-order valence-corrected chi connectivity index (χ4v) is 2.63. The lowest BCUT2D eigenvalue weighted by Gasteiger charge is -2.16. The van der Waals surface area contributed by atoms with Gasteiger partial charge in [0.25, 0.3) is 0 Å². The number of hydrogen-bond donors (Lipinski definition) is 0. The molecule has 0 saturated carbocycles. The molecule has 0 bridgehead atoms. The number of benzene rings is 1. The molecule has 0 atom stereocenters. The van der Waals surface area contributed by atoms with Gasteiger partial charge in [0.05, 0.1) is 15.0 Å². The molecule has 0 aliphatic carbocycles. The van der Waals surface area contributed by atoms with Crippen molar-refractivity contribution in [2.75, 3.05) is 18.5 Å².